The van der Waals surface area contributed by atoms with Crippen LogP contribution >= 0.6 is 0 Å². The third-order valence-corrected chi connectivity index (χ3v) is 7.89. The number of carbonyl (C=O) groups excluding carboxylic acids is 1. The lowest BCUT2D eigenvalue weighted by Gasteiger charge is -2.29. The normalized spacial score (nSPS) is 18.3. The summed E-state index contributed by atoms with van der Waals surface area (Å²) in [5, 5.41) is 3.90. The zero-order valence-corrected chi connectivity index (χ0v) is 22.2. The Morgan fingerprint density at radius 2 is 1.82 bits per heavy atom. The highest BCUT2D eigenvalue weighted by atomic mass is 19.1. The predicted octanol–water partition coefficient (Wildman–Crippen LogP) is 7.17. The molecule has 1 unspecified atom stereocenters. The highest BCUT2D eigenvalue weighted by molar-refractivity contribution is 5.85. The van der Waals surface area contributed by atoms with Gasteiger partial charge in [-0.1, -0.05) is 30.3 Å². The smallest absolute Gasteiger partial charge is 0.220 e. The second-order valence-electron chi connectivity index (χ2n) is 10.5. The zero-order valence-electron chi connectivity index (χ0n) is 22.2. The highest BCUT2D eigenvalue weighted by Gasteiger charge is 2.32. The first-order valence-corrected chi connectivity index (χ1v) is 13.6. The van der Waals surface area contributed by atoms with Crippen molar-refractivity contribution in [1.29, 1.82) is 0 Å². The summed E-state index contributed by atoms with van der Waals surface area (Å²) in [5.41, 5.74) is 2.84. The SMILES string of the molecule is CC1(c2ccccc2)CCC(=O)NCCCCc2c(c(F)cc3[nH]ccc23)Oc2ccc(F)c(c2)-c2ncc1[nH]2. The van der Waals surface area contributed by atoms with Crippen LogP contribution in [0.2, 0.25) is 0 Å². The molecule has 6 nitrogen and oxygen atoms in total. The van der Waals surface area contributed by atoms with E-state index in [1.807, 2.05) is 36.4 Å². The molecule has 0 radical (unpaired) electrons. The van der Waals surface area contributed by atoms with Gasteiger partial charge in [0.05, 0.1) is 5.56 Å². The average Bonchev–Trinajstić information content (AvgIpc) is 3.64. The van der Waals surface area contributed by atoms with Gasteiger partial charge in [-0.2, -0.15) is 0 Å². The van der Waals surface area contributed by atoms with E-state index in [1.165, 1.54) is 18.2 Å². The van der Waals surface area contributed by atoms with Crippen molar-refractivity contribution in [3.8, 4) is 22.9 Å². The number of carbonyl (C=O) groups is 1. The molecule has 1 atom stereocenters. The summed E-state index contributed by atoms with van der Waals surface area (Å²) in [7, 11) is 0. The summed E-state index contributed by atoms with van der Waals surface area (Å²) < 4.78 is 36.6. The Hall–Kier alpha value is -4.46. The van der Waals surface area contributed by atoms with E-state index >= 15 is 8.78 Å². The summed E-state index contributed by atoms with van der Waals surface area (Å²) in [6, 6.07) is 17.6. The number of aromatic nitrogens is 3. The molecule has 0 saturated heterocycles. The second-order valence-corrected chi connectivity index (χ2v) is 10.5. The number of nitrogens with zero attached hydrogens (tertiary/aromatic N) is 1. The minimum Gasteiger partial charge on any atom is -0.454 e. The fraction of sp³-hybridized carbons (Fsp3) is 0.250. The molecule has 3 N–H and O–H groups in total. The van der Waals surface area contributed by atoms with Crippen LogP contribution in [0.1, 0.15) is 49.4 Å². The molecular weight excluding hydrogens is 510 g/mol. The van der Waals surface area contributed by atoms with Crippen molar-refractivity contribution in [3.05, 3.63) is 102 Å². The molecule has 2 aromatic heterocycles. The molecular formula is C32H30F2N4O2. The average molecular weight is 541 g/mol. The van der Waals surface area contributed by atoms with Gasteiger partial charge in [-0.3, -0.25) is 4.79 Å². The number of hydrogen-bond acceptors (Lipinski definition) is 3. The molecule has 1 aliphatic rings. The van der Waals surface area contributed by atoms with E-state index in [0.29, 0.717) is 42.9 Å². The van der Waals surface area contributed by atoms with Crippen LogP contribution in [0.4, 0.5) is 8.78 Å². The fourth-order valence-electron chi connectivity index (χ4n) is 5.53. The van der Waals surface area contributed by atoms with Gasteiger partial charge in [0.15, 0.2) is 11.6 Å². The number of aromatic amines is 2. The molecule has 6 rings (SSSR count). The van der Waals surface area contributed by atoms with Crippen LogP contribution in [0.5, 0.6) is 11.5 Å². The number of hydrogen-bond donors (Lipinski definition) is 3. The second kappa shape index (κ2) is 10.6. The molecule has 4 bridgehead atoms. The zero-order chi connectivity index (χ0) is 27.7. The van der Waals surface area contributed by atoms with E-state index in [2.05, 4.69) is 27.2 Å². The van der Waals surface area contributed by atoms with Gasteiger partial charge in [-0.05, 0) is 62.4 Å². The summed E-state index contributed by atoms with van der Waals surface area (Å²) in [4.78, 5) is 23.7. The van der Waals surface area contributed by atoms with E-state index in [1.54, 1.807) is 18.5 Å². The third kappa shape index (κ3) is 4.85. The Balaban J connectivity index is 1.45. The number of fused-ring (bicyclic) bond motifs is 8. The lowest BCUT2D eigenvalue weighted by atomic mass is 9.76. The fourth-order valence-corrected chi connectivity index (χ4v) is 5.53. The van der Waals surface area contributed by atoms with Crippen molar-refractivity contribution in [1.82, 2.24) is 20.3 Å². The molecule has 40 heavy (non-hydrogen) atoms. The third-order valence-electron chi connectivity index (χ3n) is 7.89. The minimum atomic E-state index is -0.566. The molecule has 3 aromatic carbocycles. The van der Waals surface area contributed by atoms with E-state index in [-0.39, 0.29) is 17.2 Å². The number of imidazole rings is 1. The maximum absolute atomic E-state index is 15.3. The molecule has 8 heteroatoms. The van der Waals surface area contributed by atoms with Crippen LogP contribution in [-0.2, 0) is 16.6 Å². The van der Waals surface area contributed by atoms with Gasteiger partial charge in [0.1, 0.15) is 17.4 Å². The van der Waals surface area contributed by atoms with Gasteiger partial charge in [0, 0.05) is 59.0 Å². The summed E-state index contributed by atoms with van der Waals surface area (Å²) in [5.74, 6) is -0.269. The van der Waals surface area contributed by atoms with E-state index in [9.17, 15) is 4.79 Å². The van der Waals surface area contributed by atoms with Crippen molar-refractivity contribution in [2.24, 2.45) is 0 Å². The van der Waals surface area contributed by atoms with Crippen molar-refractivity contribution in [2.45, 2.75) is 44.4 Å². The van der Waals surface area contributed by atoms with Gasteiger partial charge in [0.2, 0.25) is 5.91 Å². The van der Waals surface area contributed by atoms with Crippen LogP contribution < -0.4 is 10.1 Å². The van der Waals surface area contributed by atoms with E-state index in [0.717, 1.165) is 35.0 Å². The Morgan fingerprint density at radius 1 is 0.975 bits per heavy atom. The molecule has 0 saturated carbocycles. The predicted molar refractivity (Wildman–Crippen MR) is 150 cm³/mol. The highest BCUT2D eigenvalue weighted by Crippen LogP contribution is 2.39. The van der Waals surface area contributed by atoms with Crippen molar-refractivity contribution in [2.75, 3.05) is 6.54 Å². The van der Waals surface area contributed by atoms with Gasteiger partial charge in [0.25, 0.3) is 0 Å². The number of amides is 1. The first-order valence-electron chi connectivity index (χ1n) is 13.6. The van der Waals surface area contributed by atoms with Crippen LogP contribution in [0, 0.1) is 11.6 Å². The Kier molecular flexibility index (Phi) is 6.84. The Labute approximate surface area is 230 Å². The molecule has 0 fully saturated rings. The number of rotatable bonds is 1. The summed E-state index contributed by atoms with van der Waals surface area (Å²) >= 11 is 0. The first kappa shape index (κ1) is 25.8. The van der Waals surface area contributed by atoms with E-state index < -0.39 is 17.0 Å². The van der Waals surface area contributed by atoms with Gasteiger partial charge in [-0.15, -0.1) is 0 Å². The standard InChI is InChI=1S/C32H30F2N4O2/c1-32(20-7-3-2-4-8-20)14-12-29(39)36-15-6-5-9-23-22-13-16-35-27(22)18-26(34)30(23)40-21-10-11-25(33)24(17-21)31-37-19-28(32)38-31/h2-4,7-8,10-11,13,16-19,35H,5-6,9,12,14-15H2,1H3,(H,36,39)(H,37,38). The van der Waals surface area contributed by atoms with Crippen LogP contribution in [0.3, 0.4) is 0 Å². The van der Waals surface area contributed by atoms with Crippen LogP contribution in [0.25, 0.3) is 22.3 Å². The minimum absolute atomic E-state index is 0.0374. The van der Waals surface area contributed by atoms with Crippen molar-refractivity contribution in [3.63, 3.8) is 0 Å². The molecule has 3 heterocycles. The van der Waals surface area contributed by atoms with Crippen molar-refractivity contribution >= 4 is 16.8 Å². The number of benzene rings is 3. The maximum atomic E-state index is 15.3. The number of halogens is 2. The van der Waals surface area contributed by atoms with Gasteiger partial charge >= 0.3 is 0 Å². The topological polar surface area (TPSA) is 82.8 Å². The molecule has 5 aromatic rings. The molecule has 0 aliphatic carbocycles. The number of nitrogens with one attached hydrogen (secondary N) is 3. The van der Waals surface area contributed by atoms with Crippen molar-refractivity contribution < 1.29 is 18.3 Å². The Morgan fingerprint density at radius 3 is 2.67 bits per heavy atom. The number of H-pyrrole nitrogens is 2. The maximum Gasteiger partial charge on any atom is 0.220 e. The molecule has 1 amide bonds. The summed E-state index contributed by atoms with van der Waals surface area (Å²) in [6.45, 7) is 2.58. The Bertz CT molecular complexity index is 1680. The lowest BCUT2D eigenvalue weighted by Crippen LogP contribution is -2.30. The number of ether oxygens (including phenoxy) is 1. The molecule has 1 aliphatic heterocycles. The molecule has 0 spiro atoms. The van der Waals surface area contributed by atoms with Crippen LogP contribution in [0.15, 0.2) is 73.1 Å². The molecule has 204 valence electrons. The van der Waals surface area contributed by atoms with Gasteiger partial charge < -0.3 is 20.0 Å². The van der Waals surface area contributed by atoms with E-state index in [4.69, 9.17) is 4.74 Å². The van der Waals surface area contributed by atoms with Gasteiger partial charge in [-0.25, -0.2) is 13.8 Å². The van der Waals surface area contributed by atoms with Crippen LogP contribution in [-0.4, -0.2) is 27.4 Å². The lowest BCUT2D eigenvalue weighted by molar-refractivity contribution is -0.121. The first-order chi connectivity index (χ1) is 19.4. The monoisotopic (exact) mass is 540 g/mol. The largest absolute Gasteiger partial charge is 0.454 e. The number of aryl methyl sites for hydroxylation is 1. The summed E-state index contributed by atoms with van der Waals surface area (Å²) in [6.07, 6.45) is 6.32. The quantitative estimate of drug-likeness (QED) is 0.211.